The summed E-state index contributed by atoms with van der Waals surface area (Å²) >= 11 is 6.72. The molecule has 0 N–H and O–H groups in total. The van der Waals surface area contributed by atoms with E-state index in [1.54, 1.807) is 17.2 Å². The molecule has 0 spiro atoms. The van der Waals surface area contributed by atoms with Gasteiger partial charge in [0.15, 0.2) is 4.32 Å². The predicted octanol–water partition coefficient (Wildman–Crippen LogP) is 4.60. The van der Waals surface area contributed by atoms with Crippen LogP contribution in [0.5, 0.6) is 5.75 Å². The molecule has 0 atom stereocenters. The van der Waals surface area contributed by atoms with Crippen molar-refractivity contribution in [2.75, 3.05) is 31.1 Å². The van der Waals surface area contributed by atoms with E-state index in [-0.39, 0.29) is 5.91 Å². The fourth-order valence-corrected chi connectivity index (χ4v) is 4.28. The Morgan fingerprint density at radius 1 is 1.17 bits per heavy atom. The number of ether oxygens (including phenoxy) is 1. The lowest BCUT2D eigenvalue weighted by atomic mass is 10.2. The summed E-state index contributed by atoms with van der Waals surface area (Å²) in [6.45, 7) is 8.16. The van der Waals surface area contributed by atoms with Crippen LogP contribution in [0.2, 0.25) is 0 Å². The number of pyridine rings is 1. The van der Waals surface area contributed by atoms with E-state index in [9.17, 15) is 4.79 Å². The van der Waals surface area contributed by atoms with Crippen molar-refractivity contribution < 1.29 is 9.53 Å². The topological polar surface area (TPSA) is 45.7 Å². The second kappa shape index (κ2) is 10.5. The molecule has 7 heteroatoms. The highest BCUT2D eigenvalue weighted by atomic mass is 32.2. The van der Waals surface area contributed by atoms with Crippen molar-refractivity contribution in [3.63, 3.8) is 0 Å². The van der Waals surface area contributed by atoms with Gasteiger partial charge in [0.05, 0.1) is 22.9 Å². The van der Waals surface area contributed by atoms with E-state index < -0.39 is 0 Å². The largest absolute Gasteiger partial charge is 0.494 e. The minimum Gasteiger partial charge on any atom is -0.494 e. The van der Waals surface area contributed by atoms with Gasteiger partial charge >= 0.3 is 0 Å². The molecule has 1 fully saturated rings. The molecule has 1 aromatic heterocycles. The van der Waals surface area contributed by atoms with Crippen LogP contribution in [0.4, 0.5) is 5.69 Å². The summed E-state index contributed by atoms with van der Waals surface area (Å²) in [5.74, 6) is 0.668. The van der Waals surface area contributed by atoms with Crippen LogP contribution < -0.4 is 9.64 Å². The smallest absolute Gasteiger partial charge is 0.270 e. The fourth-order valence-electron chi connectivity index (χ4n) is 3.00. The van der Waals surface area contributed by atoms with Crippen molar-refractivity contribution in [2.24, 2.45) is 0 Å². The van der Waals surface area contributed by atoms with Crippen molar-refractivity contribution in [2.45, 2.75) is 20.3 Å². The number of rotatable bonds is 9. The first kappa shape index (κ1) is 21.5. The number of aromatic nitrogens is 1. The summed E-state index contributed by atoms with van der Waals surface area (Å²) in [5.41, 5.74) is 1.48. The average molecular weight is 428 g/mol. The van der Waals surface area contributed by atoms with Crippen LogP contribution in [0.25, 0.3) is 6.08 Å². The Balaban J connectivity index is 1.60. The quantitative estimate of drug-likeness (QED) is 0.331. The van der Waals surface area contributed by atoms with E-state index >= 15 is 0 Å². The average Bonchev–Trinajstić information content (AvgIpc) is 3.02. The van der Waals surface area contributed by atoms with Crippen molar-refractivity contribution in [3.05, 3.63) is 59.3 Å². The Morgan fingerprint density at radius 3 is 2.59 bits per heavy atom. The first-order chi connectivity index (χ1) is 14.1. The van der Waals surface area contributed by atoms with Gasteiger partial charge in [0.25, 0.3) is 5.91 Å². The van der Waals surface area contributed by atoms with Crippen molar-refractivity contribution in [1.29, 1.82) is 0 Å². The maximum Gasteiger partial charge on any atom is 0.270 e. The molecule has 1 amide bonds. The van der Waals surface area contributed by atoms with Gasteiger partial charge in [0, 0.05) is 12.7 Å². The van der Waals surface area contributed by atoms with E-state index in [2.05, 4.69) is 23.7 Å². The normalized spacial score (nSPS) is 15.6. The van der Waals surface area contributed by atoms with Gasteiger partial charge in [-0.15, -0.1) is 0 Å². The first-order valence-electron chi connectivity index (χ1n) is 9.76. The van der Waals surface area contributed by atoms with E-state index in [4.69, 9.17) is 17.0 Å². The molecule has 0 saturated carbocycles. The van der Waals surface area contributed by atoms with Gasteiger partial charge in [-0.1, -0.05) is 43.9 Å². The molecule has 0 bridgehead atoms. The van der Waals surface area contributed by atoms with Gasteiger partial charge in [-0.25, -0.2) is 0 Å². The summed E-state index contributed by atoms with van der Waals surface area (Å²) in [6, 6.07) is 13.1. The summed E-state index contributed by atoms with van der Waals surface area (Å²) in [6.07, 6.45) is 4.45. The Bertz CT molecular complexity index is 865. The SMILES string of the molecule is CCN(CC)CCCOc1ccc(N2C(=O)C(=Cc3ccccn3)SC2=S)cc1. The Morgan fingerprint density at radius 2 is 1.93 bits per heavy atom. The Hall–Kier alpha value is -2.22. The number of carbonyl (C=O) groups is 1. The molecule has 0 aliphatic carbocycles. The number of nitrogens with zero attached hydrogens (tertiary/aromatic N) is 3. The lowest BCUT2D eigenvalue weighted by Crippen LogP contribution is -2.27. The zero-order valence-corrected chi connectivity index (χ0v) is 18.3. The van der Waals surface area contributed by atoms with Crippen molar-refractivity contribution in [1.82, 2.24) is 9.88 Å². The summed E-state index contributed by atoms with van der Waals surface area (Å²) in [7, 11) is 0. The molecule has 1 aliphatic rings. The van der Waals surface area contributed by atoms with Gasteiger partial charge < -0.3 is 9.64 Å². The molecule has 5 nitrogen and oxygen atoms in total. The van der Waals surface area contributed by atoms with Gasteiger partial charge in [0.1, 0.15) is 5.75 Å². The minimum absolute atomic E-state index is 0.126. The third kappa shape index (κ3) is 5.65. The van der Waals surface area contributed by atoms with Gasteiger partial charge in [-0.05, 0) is 62.0 Å². The van der Waals surface area contributed by atoms with Crippen LogP contribution in [0.1, 0.15) is 26.0 Å². The van der Waals surface area contributed by atoms with Crippen molar-refractivity contribution >= 4 is 46.0 Å². The highest BCUT2D eigenvalue weighted by molar-refractivity contribution is 8.27. The van der Waals surface area contributed by atoms with Crippen LogP contribution in [-0.2, 0) is 4.79 Å². The second-order valence-electron chi connectivity index (χ2n) is 6.49. The Labute approximate surface area is 181 Å². The number of anilines is 1. The molecule has 3 rings (SSSR count). The third-order valence-electron chi connectivity index (χ3n) is 4.64. The lowest BCUT2D eigenvalue weighted by molar-refractivity contribution is -0.113. The molecule has 1 aromatic carbocycles. The van der Waals surface area contributed by atoms with Gasteiger partial charge in [0.2, 0.25) is 0 Å². The van der Waals surface area contributed by atoms with Crippen LogP contribution in [-0.4, -0.2) is 46.4 Å². The number of carbonyl (C=O) groups excluding carboxylic acids is 1. The number of thioether (sulfide) groups is 1. The van der Waals surface area contributed by atoms with Crippen LogP contribution >= 0.6 is 24.0 Å². The van der Waals surface area contributed by atoms with E-state index in [0.29, 0.717) is 15.8 Å². The highest BCUT2D eigenvalue weighted by Crippen LogP contribution is 2.36. The first-order valence-corrected chi connectivity index (χ1v) is 11.0. The fraction of sp³-hybridized carbons (Fsp3) is 0.318. The monoisotopic (exact) mass is 427 g/mol. The van der Waals surface area contributed by atoms with Crippen LogP contribution in [0.15, 0.2) is 53.6 Å². The number of amides is 1. The molecule has 1 saturated heterocycles. The number of thiocarbonyl (C=S) groups is 1. The number of hydrogen-bond acceptors (Lipinski definition) is 6. The summed E-state index contributed by atoms with van der Waals surface area (Å²) in [5, 5.41) is 0. The maximum atomic E-state index is 12.8. The third-order valence-corrected chi connectivity index (χ3v) is 5.94. The van der Waals surface area contributed by atoms with Crippen molar-refractivity contribution in [3.8, 4) is 5.75 Å². The van der Waals surface area contributed by atoms with Crippen LogP contribution in [0.3, 0.4) is 0 Å². The molecule has 1 aliphatic heterocycles. The molecule has 0 unspecified atom stereocenters. The van der Waals surface area contributed by atoms with E-state index in [0.717, 1.165) is 43.2 Å². The molecule has 29 heavy (non-hydrogen) atoms. The highest BCUT2D eigenvalue weighted by Gasteiger charge is 2.33. The predicted molar refractivity (Wildman–Crippen MR) is 124 cm³/mol. The Kier molecular flexibility index (Phi) is 7.80. The second-order valence-corrected chi connectivity index (χ2v) is 8.17. The zero-order valence-electron chi connectivity index (χ0n) is 16.7. The molecule has 0 radical (unpaired) electrons. The molecule has 2 aromatic rings. The molecular weight excluding hydrogens is 402 g/mol. The molecule has 2 heterocycles. The lowest BCUT2D eigenvalue weighted by Gasteiger charge is -2.18. The molecular formula is C22H25N3O2S2. The maximum absolute atomic E-state index is 12.8. The summed E-state index contributed by atoms with van der Waals surface area (Å²) < 4.78 is 6.35. The summed E-state index contributed by atoms with van der Waals surface area (Å²) in [4.78, 5) is 21.6. The van der Waals surface area contributed by atoms with E-state index in [1.165, 1.54) is 11.8 Å². The number of benzene rings is 1. The molecule has 152 valence electrons. The van der Waals surface area contributed by atoms with Gasteiger partial charge in [-0.2, -0.15) is 0 Å². The van der Waals surface area contributed by atoms with Gasteiger partial charge in [-0.3, -0.25) is 14.7 Å². The zero-order chi connectivity index (χ0) is 20.6. The number of hydrogen-bond donors (Lipinski definition) is 0. The van der Waals surface area contributed by atoms with Crippen LogP contribution in [0, 0.1) is 0 Å². The standard InChI is InChI=1S/C22H25N3O2S2/c1-3-24(4-2)14-7-15-27-19-11-9-18(10-12-19)25-21(26)20(29-22(25)28)16-17-8-5-6-13-23-17/h5-6,8-13,16H,3-4,7,14-15H2,1-2H3. The minimum atomic E-state index is -0.126. The van der Waals surface area contributed by atoms with E-state index in [1.807, 2.05) is 42.5 Å².